The second-order valence-corrected chi connectivity index (χ2v) is 10.6. The Kier molecular flexibility index (Phi) is 7.74. The molecule has 35 heavy (non-hydrogen) atoms. The van der Waals surface area contributed by atoms with Gasteiger partial charge in [0.2, 0.25) is 15.9 Å². The predicted octanol–water partition coefficient (Wildman–Crippen LogP) is 6.03. The molecule has 0 saturated heterocycles. The van der Waals surface area contributed by atoms with Crippen LogP contribution in [0.25, 0.3) is 0 Å². The third-order valence-electron chi connectivity index (χ3n) is 4.92. The minimum Gasteiger partial charge on any atom is -0.455 e. The van der Waals surface area contributed by atoms with Gasteiger partial charge >= 0.3 is 0 Å². The number of rotatable bonds is 9. The van der Waals surface area contributed by atoms with Gasteiger partial charge in [-0.3, -0.25) is 9.10 Å². The molecular formula is C27H24N2O4S2. The van der Waals surface area contributed by atoms with Gasteiger partial charge < -0.3 is 10.1 Å². The van der Waals surface area contributed by atoms with Gasteiger partial charge in [0.1, 0.15) is 12.3 Å². The number of amides is 1. The predicted molar refractivity (Wildman–Crippen MR) is 141 cm³/mol. The van der Waals surface area contributed by atoms with Gasteiger partial charge in [0.15, 0.2) is 5.75 Å². The zero-order chi connectivity index (χ0) is 24.7. The van der Waals surface area contributed by atoms with E-state index >= 15 is 0 Å². The van der Waals surface area contributed by atoms with E-state index in [-0.39, 0.29) is 5.69 Å². The van der Waals surface area contributed by atoms with E-state index in [0.29, 0.717) is 17.2 Å². The fourth-order valence-corrected chi connectivity index (χ4v) is 5.12. The van der Waals surface area contributed by atoms with Crippen LogP contribution in [0.3, 0.4) is 0 Å². The van der Waals surface area contributed by atoms with Crippen LogP contribution in [0.1, 0.15) is 0 Å². The van der Waals surface area contributed by atoms with Crippen LogP contribution in [0.4, 0.5) is 11.4 Å². The Morgan fingerprint density at radius 3 is 2.14 bits per heavy atom. The highest BCUT2D eigenvalue weighted by Gasteiger charge is 2.24. The van der Waals surface area contributed by atoms with Gasteiger partial charge in [-0.2, -0.15) is 0 Å². The number of ether oxygens (including phenoxy) is 1. The van der Waals surface area contributed by atoms with Gasteiger partial charge in [-0.25, -0.2) is 8.42 Å². The van der Waals surface area contributed by atoms with Crippen molar-refractivity contribution in [1.29, 1.82) is 0 Å². The van der Waals surface area contributed by atoms with Crippen molar-refractivity contribution in [3.63, 3.8) is 0 Å². The molecule has 0 aliphatic carbocycles. The zero-order valence-corrected chi connectivity index (χ0v) is 20.6. The van der Waals surface area contributed by atoms with Crippen molar-refractivity contribution in [2.45, 2.75) is 9.79 Å². The molecule has 0 aliphatic rings. The lowest BCUT2D eigenvalue weighted by Gasteiger charge is -2.24. The summed E-state index contributed by atoms with van der Waals surface area (Å²) in [6.45, 7) is -0.404. The molecule has 4 rings (SSSR count). The standard InChI is InChI=1S/C27H24N2O4S2/c1-35(31,32)29(24-17-9-10-18-25(24)33-21-12-4-2-5-13-21)20-27(30)28-23-16-8-11-19-26(23)34-22-14-6-3-7-15-22/h2-19H,20H2,1H3,(H,28,30). The number of carbonyl (C=O) groups is 1. The molecule has 178 valence electrons. The molecule has 0 aliphatic heterocycles. The Hall–Kier alpha value is -3.75. The van der Waals surface area contributed by atoms with Crippen LogP contribution >= 0.6 is 11.8 Å². The zero-order valence-electron chi connectivity index (χ0n) is 19.0. The van der Waals surface area contributed by atoms with Gasteiger partial charge in [-0.05, 0) is 48.5 Å². The number of nitrogens with zero attached hydrogens (tertiary/aromatic N) is 1. The second-order valence-electron chi connectivity index (χ2n) is 7.61. The average molecular weight is 505 g/mol. The van der Waals surface area contributed by atoms with Crippen molar-refractivity contribution in [1.82, 2.24) is 0 Å². The van der Waals surface area contributed by atoms with Crippen LogP contribution in [0.5, 0.6) is 11.5 Å². The number of anilines is 2. The highest BCUT2D eigenvalue weighted by Crippen LogP contribution is 2.35. The summed E-state index contributed by atoms with van der Waals surface area (Å²) in [5.41, 5.74) is 0.884. The Labute approximate surface area is 209 Å². The topological polar surface area (TPSA) is 75.7 Å². The third kappa shape index (κ3) is 6.65. The lowest BCUT2D eigenvalue weighted by Crippen LogP contribution is -2.37. The van der Waals surface area contributed by atoms with Crippen LogP contribution < -0.4 is 14.4 Å². The van der Waals surface area contributed by atoms with Crippen molar-refractivity contribution < 1.29 is 17.9 Å². The molecule has 1 amide bonds. The number of benzene rings is 4. The summed E-state index contributed by atoms with van der Waals surface area (Å²) in [6, 6.07) is 33.0. The molecule has 0 saturated carbocycles. The molecule has 0 bridgehead atoms. The van der Waals surface area contributed by atoms with E-state index < -0.39 is 22.5 Å². The first kappa shape index (κ1) is 24.4. The van der Waals surface area contributed by atoms with Crippen molar-refractivity contribution >= 4 is 39.1 Å². The Balaban J connectivity index is 1.56. The van der Waals surface area contributed by atoms with Crippen LogP contribution in [-0.4, -0.2) is 27.1 Å². The summed E-state index contributed by atoms with van der Waals surface area (Å²) in [5.74, 6) is 0.424. The van der Waals surface area contributed by atoms with E-state index in [4.69, 9.17) is 4.74 Å². The fourth-order valence-electron chi connectivity index (χ4n) is 3.34. The molecule has 0 radical (unpaired) electrons. The van der Waals surface area contributed by atoms with Crippen molar-refractivity contribution in [3.8, 4) is 11.5 Å². The summed E-state index contributed by atoms with van der Waals surface area (Å²) >= 11 is 1.51. The van der Waals surface area contributed by atoms with Crippen molar-refractivity contribution in [3.05, 3.63) is 109 Å². The highest BCUT2D eigenvalue weighted by molar-refractivity contribution is 7.99. The van der Waals surface area contributed by atoms with Gasteiger partial charge in [0, 0.05) is 9.79 Å². The van der Waals surface area contributed by atoms with Gasteiger partial charge in [0.05, 0.1) is 17.6 Å². The van der Waals surface area contributed by atoms with Gasteiger partial charge in [-0.1, -0.05) is 72.4 Å². The fraction of sp³-hybridized carbons (Fsp3) is 0.0741. The number of para-hydroxylation sites is 4. The molecule has 0 atom stereocenters. The minimum absolute atomic E-state index is 0.279. The third-order valence-corrected chi connectivity index (χ3v) is 7.13. The lowest BCUT2D eigenvalue weighted by atomic mass is 10.2. The molecule has 0 fully saturated rings. The van der Waals surface area contributed by atoms with E-state index in [1.807, 2.05) is 66.7 Å². The number of sulfonamides is 1. The van der Waals surface area contributed by atoms with Gasteiger partial charge in [-0.15, -0.1) is 0 Å². The Morgan fingerprint density at radius 2 is 1.43 bits per heavy atom. The molecule has 0 unspecified atom stereocenters. The summed E-state index contributed by atoms with van der Waals surface area (Å²) in [6.07, 6.45) is 1.07. The minimum atomic E-state index is -3.79. The SMILES string of the molecule is CS(=O)(=O)N(CC(=O)Nc1ccccc1Sc1ccccc1)c1ccccc1Oc1ccccc1. The molecule has 8 heteroatoms. The smallest absolute Gasteiger partial charge is 0.245 e. The van der Waals surface area contributed by atoms with E-state index in [2.05, 4.69) is 5.32 Å². The van der Waals surface area contributed by atoms with E-state index in [0.717, 1.165) is 20.4 Å². The molecular weight excluding hydrogens is 480 g/mol. The molecule has 1 N–H and O–H groups in total. The maximum absolute atomic E-state index is 13.0. The Morgan fingerprint density at radius 1 is 0.829 bits per heavy atom. The first-order chi connectivity index (χ1) is 16.9. The van der Waals surface area contributed by atoms with Crippen LogP contribution in [-0.2, 0) is 14.8 Å². The number of hydrogen-bond acceptors (Lipinski definition) is 5. The average Bonchev–Trinajstić information content (AvgIpc) is 2.85. The molecule has 6 nitrogen and oxygen atoms in total. The van der Waals surface area contributed by atoms with E-state index in [9.17, 15) is 13.2 Å². The number of carbonyl (C=O) groups excluding carboxylic acids is 1. The summed E-state index contributed by atoms with van der Waals surface area (Å²) in [5, 5.41) is 2.87. The molecule has 4 aromatic carbocycles. The van der Waals surface area contributed by atoms with E-state index in [1.54, 1.807) is 42.5 Å². The highest BCUT2D eigenvalue weighted by atomic mass is 32.2. The summed E-state index contributed by atoms with van der Waals surface area (Å²) in [7, 11) is -3.79. The first-order valence-corrected chi connectivity index (χ1v) is 13.5. The number of nitrogens with one attached hydrogen (secondary N) is 1. The summed E-state index contributed by atoms with van der Waals surface area (Å²) in [4.78, 5) is 14.9. The van der Waals surface area contributed by atoms with E-state index in [1.165, 1.54) is 11.8 Å². The second kappa shape index (κ2) is 11.1. The Bertz CT molecular complexity index is 1400. The lowest BCUT2D eigenvalue weighted by molar-refractivity contribution is -0.114. The largest absolute Gasteiger partial charge is 0.455 e. The van der Waals surface area contributed by atoms with Crippen molar-refractivity contribution in [2.24, 2.45) is 0 Å². The molecule has 0 aromatic heterocycles. The number of hydrogen-bond donors (Lipinski definition) is 1. The monoisotopic (exact) mass is 504 g/mol. The first-order valence-electron chi connectivity index (χ1n) is 10.8. The maximum Gasteiger partial charge on any atom is 0.245 e. The normalized spacial score (nSPS) is 11.0. The van der Waals surface area contributed by atoms with Gasteiger partial charge in [0.25, 0.3) is 0 Å². The summed E-state index contributed by atoms with van der Waals surface area (Å²) < 4.78 is 32.4. The van der Waals surface area contributed by atoms with Crippen LogP contribution in [0.15, 0.2) is 119 Å². The maximum atomic E-state index is 13.0. The molecule has 0 spiro atoms. The molecule has 4 aromatic rings. The van der Waals surface area contributed by atoms with Crippen LogP contribution in [0.2, 0.25) is 0 Å². The molecule has 0 heterocycles. The van der Waals surface area contributed by atoms with Crippen LogP contribution in [0, 0.1) is 0 Å². The quantitative estimate of drug-likeness (QED) is 0.301. The van der Waals surface area contributed by atoms with Crippen molar-refractivity contribution in [2.75, 3.05) is 22.4 Å².